The summed E-state index contributed by atoms with van der Waals surface area (Å²) in [4.78, 5) is 14.1. The maximum Gasteiger partial charge on any atom is 0.251 e. The highest BCUT2D eigenvalue weighted by atomic mass is 35.5. The first-order valence-electron chi connectivity index (χ1n) is 6.59. The van der Waals surface area contributed by atoms with Crippen molar-refractivity contribution in [3.05, 3.63) is 29.3 Å². The van der Waals surface area contributed by atoms with Crippen LogP contribution in [0.2, 0.25) is 5.02 Å². The summed E-state index contributed by atoms with van der Waals surface area (Å²) in [6.07, 6.45) is -0.459. The number of hydrogen-bond donors (Lipinski definition) is 1. The minimum atomic E-state index is -0.459. The molecular formula is C14H19ClN2O3. The second-order valence-corrected chi connectivity index (χ2v) is 5.01. The Morgan fingerprint density at radius 2 is 2.45 bits per heavy atom. The minimum Gasteiger partial charge on any atom is -0.383 e. The van der Waals surface area contributed by atoms with E-state index in [1.165, 1.54) is 0 Å². The number of rotatable bonds is 5. The maximum absolute atomic E-state index is 12.0. The predicted octanol–water partition coefficient (Wildman–Crippen LogP) is 1.31. The van der Waals surface area contributed by atoms with Crippen LogP contribution >= 0.6 is 11.6 Å². The Morgan fingerprint density at radius 1 is 1.60 bits per heavy atom. The molecule has 2 rings (SSSR count). The quantitative estimate of drug-likeness (QED) is 0.833. The lowest BCUT2D eigenvalue weighted by molar-refractivity contribution is -0.133. The van der Waals surface area contributed by atoms with Crippen LogP contribution in [0.15, 0.2) is 24.3 Å². The van der Waals surface area contributed by atoms with Crippen LogP contribution in [0.3, 0.4) is 0 Å². The third-order valence-corrected chi connectivity index (χ3v) is 3.37. The number of benzene rings is 1. The summed E-state index contributed by atoms with van der Waals surface area (Å²) in [5, 5.41) is 3.48. The number of hydrogen-bond acceptors (Lipinski definition) is 4. The van der Waals surface area contributed by atoms with Gasteiger partial charge in [0.2, 0.25) is 0 Å². The second-order valence-electron chi connectivity index (χ2n) is 4.57. The fraction of sp³-hybridized carbons (Fsp3) is 0.500. The fourth-order valence-corrected chi connectivity index (χ4v) is 2.29. The zero-order valence-corrected chi connectivity index (χ0v) is 12.2. The molecule has 0 aromatic heterocycles. The summed E-state index contributed by atoms with van der Waals surface area (Å²) in [6.45, 7) is 2.79. The van der Waals surface area contributed by atoms with Crippen molar-refractivity contribution in [3.63, 3.8) is 0 Å². The lowest BCUT2D eigenvalue weighted by atomic mass is 10.2. The molecule has 0 bridgehead atoms. The van der Waals surface area contributed by atoms with Crippen LogP contribution in [0, 0.1) is 0 Å². The number of carbonyl (C=O) groups is 1. The van der Waals surface area contributed by atoms with E-state index in [-0.39, 0.29) is 5.91 Å². The monoisotopic (exact) mass is 298 g/mol. The first-order valence-corrected chi connectivity index (χ1v) is 6.97. The molecule has 6 heteroatoms. The topological polar surface area (TPSA) is 50.8 Å². The van der Waals surface area contributed by atoms with Crippen LogP contribution < -0.4 is 10.2 Å². The summed E-state index contributed by atoms with van der Waals surface area (Å²) in [5.74, 6) is -0.103. The average molecular weight is 299 g/mol. The van der Waals surface area contributed by atoms with Crippen LogP contribution in [0.1, 0.15) is 0 Å². The molecule has 0 radical (unpaired) electrons. The molecule has 1 N–H and O–H groups in total. The standard InChI is InChI=1S/C14H19ClN2O3/c1-19-7-5-16-14(18)13-10-17(6-8-20-13)12-4-2-3-11(15)9-12/h2-4,9,13H,5-8,10H2,1H3,(H,16,18). The van der Waals surface area contributed by atoms with Crippen LogP contribution in [0.25, 0.3) is 0 Å². The molecule has 110 valence electrons. The number of halogens is 1. The molecule has 1 saturated heterocycles. The molecule has 1 heterocycles. The number of amides is 1. The molecule has 1 aliphatic rings. The Balaban J connectivity index is 1.93. The van der Waals surface area contributed by atoms with Gasteiger partial charge >= 0.3 is 0 Å². The zero-order chi connectivity index (χ0) is 14.4. The molecule has 1 amide bonds. The van der Waals surface area contributed by atoms with E-state index < -0.39 is 6.10 Å². The molecule has 0 aliphatic carbocycles. The Hall–Kier alpha value is -1.30. The minimum absolute atomic E-state index is 0.103. The summed E-state index contributed by atoms with van der Waals surface area (Å²) in [6, 6.07) is 7.62. The van der Waals surface area contributed by atoms with Crippen molar-refractivity contribution in [1.82, 2.24) is 5.32 Å². The molecule has 0 spiro atoms. The maximum atomic E-state index is 12.0. The van der Waals surface area contributed by atoms with Crippen molar-refractivity contribution in [2.75, 3.05) is 44.9 Å². The normalized spacial score (nSPS) is 18.9. The van der Waals surface area contributed by atoms with Crippen LogP contribution in [0.5, 0.6) is 0 Å². The van der Waals surface area contributed by atoms with Crippen LogP contribution in [0.4, 0.5) is 5.69 Å². The van der Waals surface area contributed by atoms with E-state index in [1.807, 2.05) is 24.3 Å². The summed E-state index contributed by atoms with van der Waals surface area (Å²) < 4.78 is 10.4. The third-order valence-electron chi connectivity index (χ3n) is 3.14. The molecule has 1 fully saturated rings. The van der Waals surface area contributed by atoms with Gasteiger partial charge < -0.3 is 19.7 Å². The molecule has 1 unspecified atom stereocenters. The first-order chi connectivity index (χ1) is 9.70. The van der Waals surface area contributed by atoms with E-state index in [1.54, 1.807) is 7.11 Å². The van der Waals surface area contributed by atoms with Gasteiger partial charge in [0.1, 0.15) is 0 Å². The van der Waals surface area contributed by atoms with Crippen molar-refractivity contribution >= 4 is 23.2 Å². The fourth-order valence-electron chi connectivity index (χ4n) is 2.11. The van der Waals surface area contributed by atoms with Crippen molar-refractivity contribution in [1.29, 1.82) is 0 Å². The van der Waals surface area contributed by atoms with E-state index in [0.717, 1.165) is 12.2 Å². The number of methoxy groups -OCH3 is 1. The Labute approximate surface area is 123 Å². The van der Waals surface area contributed by atoms with Gasteiger partial charge in [0, 0.05) is 30.9 Å². The van der Waals surface area contributed by atoms with Gasteiger partial charge in [-0.3, -0.25) is 4.79 Å². The van der Waals surface area contributed by atoms with Gasteiger partial charge in [0.15, 0.2) is 6.10 Å². The number of anilines is 1. The van der Waals surface area contributed by atoms with E-state index in [2.05, 4.69) is 10.2 Å². The Morgan fingerprint density at radius 3 is 3.20 bits per heavy atom. The Kier molecular flexibility index (Phi) is 5.64. The molecular weight excluding hydrogens is 280 g/mol. The van der Waals surface area contributed by atoms with Gasteiger partial charge in [-0.25, -0.2) is 0 Å². The molecule has 1 aliphatic heterocycles. The van der Waals surface area contributed by atoms with Gasteiger partial charge in [-0.1, -0.05) is 17.7 Å². The van der Waals surface area contributed by atoms with Crippen LogP contribution in [-0.2, 0) is 14.3 Å². The van der Waals surface area contributed by atoms with Gasteiger partial charge in [-0.15, -0.1) is 0 Å². The lowest BCUT2D eigenvalue weighted by Crippen LogP contribution is -2.50. The molecule has 5 nitrogen and oxygen atoms in total. The van der Waals surface area contributed by atoms with Gasteiger partial charge in [0.05, 0.1) is 19.8 Å². The van der Waals surface area contributed by atoms with Gasteiger partial charge in [-0.2, -0.15) is 0 Å². The van der Waals surface area contributed by atoms with Crippen molar-refractivity contribution in [2.24, 2.45) is 0 Å². The number of ether oxygens (including phenoxy) is 2. The van der Waals surface area contributed by atoms with Gasteiger partial charge in [-0.05, 0) is 18.2 Å². The Bertz CT molecular complexity index is 456. The highest BCUT2D eigenvalue weighted by Crippen LogP contribution is 2.21. The highest BCUT2D eigenvalue weighted by molar-refractivity contribution is 6.30. The largest absolute Gasteiger partial charge is 0.383 e. The smallest absolute Gasteiger partial charge is 0.251 e. The van der Waals surface area contributed by atoms with Crippen molar-refractivity contribution in [3.8, 4) is 0 Å². The van der Waals surface area contributed by atoms with Crippen molar-refractivity contribution in [2.45, 2.75) is 6.10 Å². The van der Waals surface area contributed by atoms with E-state index in [4.69, 9.17) is 21.1 Å². The molecule has 0 saturated carbocycles. The molecule has 20 heavy (non-hydrogen) atoms. The van der Waals surface area contributed by atoms with E-state index in [9.17, 15) is 4.79 Å². The summed E-state index contributed by atoms with van der Waals surface area (Å²) in [7, 11) is 1.60. The second kappa shape index (κ2) is 7.47. The van der Waals surface area contributed by atoms with E-state index >= 15 is 0 Å². The predicted molar refractivity (Wildman–Crippen MR) is 78.3 cm³/mol. The lowest BCUT2D eigenvalue weighted by Gasteiger charge is -2.33. The van der Waals surface area contributed by atoms with Crippen LogP contribution in [-0.4, -0.2) is 52.0 Å². The molecule has 1 atom stereocenters. The average Bonchev–Trinajstić information content (AvgIpc) is 2.47. The van der Waals surface area contributed by atoms with E-state index in [0.29, 0.717) is 31.3 Å². The number of morpholine rings is 1. The molecule has 1 aromatic carbocycles. The number of nitrogens with one attached hydrogen (secondary N) is 1. The SMILES string of the molecule is COCCNC(=O)C1CN(c2cccc(Cl)c2)CCO1. The van der Waals surface area contributed by atoms with Gasteiger partial charge in [0.25, 0.3) is 5.91 Å². The van der Waals surface area contributed by atoms with Crippen molar-refractivity contribution < 1.29 is 14.3 Å². The highest BCUT2D eigenvalue weighted by Gasteiger charge is 2.26. The number of carbonyl (C=O) groups excluding carboxylic acids is 1. The zero-order valence-electron chi connectivity index (χ0n) is 11.5. The third kappa shape index (κ3) is 4.10. The summed E-state index contributed by atoms with van der Waals surface area (Å²) in [5.41, 5.74) is 1.01. The molecule has 1 aromatic rings. The first kappa shape index (κ1) is 15.1. The summed E-state index contributed by atoms with van der Waals surface area (Å²) >= 11 is 6.00. The number of nitrogens with zero attached hydrogens (tertiary/aromatic N) is 1.